The third kappa shape index (κ3) is 3.12. The molecular formula is C16H22N2O2. The standard InChI is InChI=1S/C16H22N2O2/c19-16(13-8-9-17-10-13)18-11-12-4-1-2-7-15(12)20-14-5-3-6-14/h1-2,4,7,13-14,17H,3,5-6,8-11H2,(H,18,19). The highest BCUT2D eigenvalue weighted by atomic mass is 16.5. The number of hydrogen-bond donors (Lipinski definition) is 2. The number of amides is 1. The number of rotatable bonds is 5. The van der Waals surface area contributed by atoms with Crippen LogP contribution in [0.15, 0.2) is 24.3 Å². The van der Waals surface area contributed by atoms with Crippen molar-refractivity contribution in [3.8, 4) is 5.75 Å². The molecule has 1 aliphatic heterocycles. The summed E-state index contributed by atoms with van der Waals surface area (Å²) in [4.78, 5) is 12.0. The molecule has 1 aromatic carbocycles. The predicted octanol–water partition coefficient (Wildman–Crippen LogP) is 1.84. The van der Waals surface area contributed by atoms with Gasteiger partial charge in [0.15, 0.2) is 0 Å². The van der Waals surface area contributed by atoms with Crippen LogP contribution in [0, 0.1) is 5.92 Å². The first-order valence-electron chi connectivity index (χ1n) is 7.56. The summed E-state index contributed by atoms with van der Waals surface area (Å²) in [6.45, 7) is 2.30. The van der Waals surface area contributed by atoms with Crippen LogP contribution in [-0.2, 0) is 11.3 Å². The highest BCUT2D eigenvalue weighted by Crippen LogP contribution is 2.27. The van der Waals surface area contributed by atoms with E-state index < -0.39 is 0 Å². The molecule has 1 amide bonds. The second-order valence-electron chi connectivity index (χ2n) is 5.69. The molecule has 1 atom stereocenters. The van der Waals surface area contributed by atoms with Gasteiger partial charge in [-0.15, -0.1) is 0 Å². The van der Waals surface area contributed by atoms with Gasteiger partial charge in [-0.25, -0.2) is 0 Å². The first-order chi connectivity index (χ1) is 9.83. The van der Waals surface area contributed by atoms with E-state index in [1.807, 2.05) is 24.3 Å². The molecule has 1 heterocycles. The number of carbonyl (C=O) groups excluding carboxylic acids is 1. The summed E-state index contributed by atoms with van der Waals surface area (Å²) >= 11 is 0. The first kappa shape index (κ1) is 13.4. The van der Waals surface area contributed by atoms with Crippen molar-refractivity contribution >= 4 is 5.91 Å². The minimum atomic E-state index is 0.120. The molecule has 1 saturated carbocycles. The van der Waals surface area contributed by atoms with E-state index in [4.69, 9.17) is 4.74 Å². The van der Waals surface area contributed by atoms with E-state index in [-0.39, 0.29) is 11.8 Å². The fraction of sp³-hybridized carbons (Fsp3) is 0.562. The first-order valence-corrected chi connectivity index (χ1v) is 7.56. The van der Waals surface area contributed by atoms with Gasteiger partial charge in [-0.1, -0.05) is 18.2 Å². The topological polar surface area (TPSA) is 50.4 Å². The lowest BCUT2D eigenvalue weighted by atomic mass is 9.96. The molecule has 1 aromatic rings. The van der Waals surface area contributed by atoms with Gasteiger partial charge >= 0.3 is 0 Å². The molecule has 4 heteroatoms. The van der Waals surface area contributed by atoms with Gasteiger partial charge in [-0.2, -0.15) is 0 Å². The monoisotopic (exact) mass is 274 g/mol. The van der Waals surface area contributed by atoms with E-state index in [1.54, 1.807) is 0 Å². The fourth-order valence-electron chi connectivity index (χ4n) is 2.64. The molecule has 0 bridgehead atoms. The van der Waals surface area contributed by atoms with Crippen LogP contribution in [0.4, 0.5) is 0 Å². The fourth-order valence-corrected chi connectivity index (χ4v) is 2.64. The predicted molar refractivity (Wildman–Crippen MR) is 77.5 cm³/mol. The Kier molecular flexibility index (Phi) is 4.21. The zero-order chi connectivity index (χ0) is 13.8. The number of hydrogen-bond acceptors (Lipinski definition) is 3. The molecule has 1 aliphatic carbocycles. The van der Waals surface area contributed by atoms with E-state index in [0.29, 0.717) is 12.6 Å². The normalized spacial score (nSPS) is 22.3. The van der Waals surface area contributed by atoms with Crippen molar-refractivity contribution in [2.24, 2.45) is 5.92 Å². The molecule has 2 N–H and O–H groups in total. The Morgan fingerprint density at radius 1 is 1.30 bits per heavy atom. The Balaban J connectivity index is 1.57. The molecule has 4 nitrogen and oxygen atoms in total. The van der Waals surface area contributed by atoms with Gasteiger partial charge in [0.25, 0.3) is 0 Å². The summed E-state index contributed by atoms with van der Waals surface area (Å²) in [5, 5.41) is 6.25. The van der Waals surface area contributed by atoms with Crippen LogP contribution in [0.3, 0.4) is 0 Å². The molecule has 3 rings (SSSR count). The van der Waals surface area contributed by atoms with Gasteiger partial charge in [-0.3, -0.25) is 4.79 Å². The van der Waals surface area contributed by atoms with Gasteiger partial charge in [0, 0.05) is 18.7 Å². The van der Waals surface area contributed by atoms with Crippen molar-refractivity contribution < 1.29 is 9.53 Å². The van der Waals surface area contributed by atoms with Crippen LogP contribution in [0.25, 0.3) is 0 Å². The quantitative estimate of drug-likeness (QED) is 0.861. The summed E-state index contributed by atoms with van der Waals surface area (Å²) in [5.74, 6) is 1.19. The van der Waals surface area contributed by atoms with Crippen LogP contribution in [0.2, 0.25) is 0 Å². The Hall–Kier alpha value is -1.55. The van der Waals surface area contributed by atoms with Gasteiger partial charge < -0.3 is 15.4 Å². The van der Waals surface area contributed by atoms with E-state index >= 15 is 0 Å². The van der Waals surface area contributed by atoms with Crippen LogP contribution >= 0.6 is 0 Å². The van der Waals surface area contributed by atoms with Crippen LogP contribution < -0.4 is 15.4 Å². The summed E-state index contributed by atoms with van der Waals surface area (Å²) in [6.07, 6.45) is 4.86. The lowest BCUT2D eigenvalue weighted by Crippen LogP contribution is -2.32. The third-order valence-electron chi connectivity index (χ3n) is 4.20. The highest BCUT2D eigenvalue weighted by Gasteiger charge is 2.23. The van der Waals surface area contributed by atoms with Crippen LogP contribution in [-0.4, -0.2) is 25.1 Å². The summed E-state index contributed by atoms with van der Waals surface area (Å²) in [7, 11) is 0. The molecule has 20 heavy (non-hydrogen) atoms. The maximum absolute atomic E-state index is 12.0. The van der Waals surface area contributed by atoms with Gasteiger partial charge in [-0.05, 0) is 38.3 Å². The maximum Gasteiger partial charge on any atom is 0.224 e. The number of benzene rings is 1. The van der Waals surface area contributed by atoms with Crippen LogP contribution in [0.5, 0.6) is 5.75 Å². The second-order valence-corrected chi connectivity index (χ2v) is 5.69. The minimum Gasteiger partial charge on any atom is -0.490 e. The number of carbonyl (C=O) groups is 1. The van der Waals surface area contributed by atoms with E-state index in [9.17, 15) is 4.79 Å². The minimum absolute atomic E-state index is 0.120. The van der Waals surface area contributed by atoms with Gasteiger partial charge in [0.05, 0.1) is 12.0 Å². The number of nitrogens with one attached hydrogen (secondary N) is 2. The molecule has 2 aliphatic rings. The lowest BCUT2D eigenvalue weighted by Gasteiger charge is -2.27. The van der Waals surface area contributed by atoms with Crippen molar-refractivity contribution in [2.75, 3.05) is 13.1 Å². The Morgan fingerprint density at radius 2 is 2.15 bits per heavy atom. The van der Waals surface area contributed by atoms with E-state index in [2.05, 4.69) is 10.6 Å². The van der Waals surface area contributed by atoms with Crippen molar-refractivity contribution in [3.05, 3.63) is 29.8 Å². The average molecular weight is 274 g/mol. The Bertz CT molecular complexity index is 465. The maximum atomic E-state index is 12.0. The zero-order valence-corrected chi connectivity index (χ0v) is 11.7. The summed E-state index contributed by atoms with van der Waals surface area (Å²) in [5.41, 5.74) is 1.07. The van der Waals surface area contributed by atoms with Gasteiger partial charge in [0.1, 0.15) is 5.75 Å². The summed E-state index contributed by atoms with van der Waals surface area (Å²) in [6, 6.07) is 8.00. The van der Waals surface area contributed by atoms with Gasteiger partial charge in [0.2, 0.25) is 5.91 Å². The molecule has 1 unspecified atom stereocenters. The average Bonchev–Trinajstić information content (AvgIpc) is 2.95. The largest absolute Gasteiger partial charge is 0.490 e. The molecule has 0 spiro atoms. The van der Waals surface area contributed by atoms with Crippen LogP contribution in [0.1, 0.15) is 31.2 Å². The Labute approximate surface area is 119 Å². The van der Waals surface area contributed by atoms with E-state index in [0.717, 1.165) is 43.7 Å². The molecule has 2 fully saturated rings. The van der Waals surface area contributed by atoms with E-state index in [1.165, 1.54) is 6.42 Å². The SMILES string of the molecule is O=C(NCc1ccccc1OC1CCC1)C1CCNC1. The van der Waals surface area contributed by atoms with Crippen molar-refractivity contribution in [1.82, 2.24) is 10.6 Å². The number of ether oxygens (including phenoxy) is 1. The van der Waals surface area contributed by atoms with Crippen molar-refractivity contribution in [2.45, 2.75) is 38.3 Å². The smallest absolute Gasteiger partial charge is 0.224 e. The number of para-hydroxylation sites is 1. The molecular weight excluding hydrogens is 252 g/mol. The highest BCUT2D eigenvalue weighted by molar-refractivity contribution is 5.79. The Morgan fingerprint density at radius 3 is 2.85 bits per heavy atom. The zero-order valence-electron chi connectivity index (χ0n) is 11.7. The molecule has 108 valence electrons. The molecule has 0 radical (unpaired) electrons. The lowest BCUT2D eigenvalue weighted by molar-refractivity contribution is -0.124. The van der Waals surface area contributed by atoms with Crippen molar-refractivity contribution in [1.29, 1.82) is 0 Å². The van der Waals surface area contributed by atoms with Crippen molar-refractivity contribution in [3.63, 3.8) is 0 Å². The second kappa shape index (κ2) is 6.27. The third-order valence-corrected chi connectivity index (χ3v) is 4.20. The molecule has 0 aromatic heterocycles. The molecule has 1 saturated heterocycles. The summed E-state index contributed by atoms with van der Waals surface area (Å²) < 4.78 is 5.98.